The molecule has 4 N–H and O–H groups in total. The summed E-state index contributed by atoms with van der Waals surface area (Å²) in [4.78, 5) is 11.2. The van der Waals surface area contributed by atoms with E-state index >= 15 is 0 Å². The highest BCUT2D eigenvalue weighted by Crippen LogP contribution is 2.22. The Balaban J connectivity index is 2.07. The third-order valence-electron chi connectivity index (χ3n) is 3.73. The summed E-state index contributed by atoms with van der Waals surface area (Å²) in [6.07, 6.45) is 0.245. The van der Waals surface area contributed by atoms with Crippen molar-refractivity contribution in [3.63, 3.8) is 0 Å². The van der Waals surface area contributed by atoms with Crippen molar-refractivity contribution in [1.29, 1.82) is 0 Å². The number of aliphatic hydroxyl groups excluding tert-OH is 1. The number of rotatable bonds is 6. The highest BCUT2D eigenvalue weighted by molar-refractivity contribution is 6.05. The third-order valence-corrected chi connectivity index (χ3v) is 3.73. The zero-order valence-corrected chi connectivity index (χ0v) is 13.0. The van der Waals surface area contributed by atoms with Crippen LogP contribution in [0.1, 0.15) is 32.3 Å². The molecule has 6 heteroatoms. The number of carbonyl (C=O) groups is 1. The summed E-state index contributed by atoms with van der Waals surface area (Å²) in [5, 5.41) is 14.1. The van der Waals surface area contributed by atoms with Crippen LogP contribution in [0, 0.1) is 5.92 Å². The monoisotopic (exact) mass is 305 g/mol. The van der Waals surface area contributed by atoms with Crippen LogP contribution < -0.4 is 15.9 Å². The van der Waals surface area contributed by atoms with Gasteiger partial charge in [-0.2, -0.15) is 5.10 Å². The van der Waals surface area contributed by atoms with Crippen LogP contribution in [0.15, 0.2) is 29.4 Å². The van der Waals surface area contributed by atoms with Gasteiger partial charge in [-0.05, 0) is 18.1 Å². The molecule has 1 aliphatic rings. The molecule has 2 unspecified atom stereocenters. The van der Waals surface area contributed by atoms with Gasteiger partial charge in [0.05, 0.1) is 5.71 Å². The number of amides is 1. The van der Waals surface area contributed by atoms with Crippen molar-refractivity contribution in [2.24, 2.45) is 16.8 Å². The second-order valence-electron chi connectivity index (χ2n) is 5.79. The van der Waals surface area contributed by atoms with Crippen molar-refractivity contribution in [2.75, 3.05) is 6.61 Å². The number of hydrazone groups is 1. The number of nitrogens with zero attached hydrogens (tertiary/aromatic N) is 1. The predicted molar refractivity (Wildman–Crippen MR) is 84.7 cm³/mol. The molecule has 0 saturated carbocycles. The average molecular weight is 305 g/mol. The van der Waals surface area contributed by atoms with Gasteiger partial charge < -0.3 is 15.6 Å². The highest BCUT2D eigenvalue weighted by atomic mass is 16.5. The molecule has 1 heterocycles. The first-order valence-electron chi connectivity index (χ1n) is 7.50. The molecule has 1 aromatic carbocycles. The summed E-state index contributed by atoms with van der Waals surface area (Å²) in [5.74, 6) is 0.722. The second-order valence-corrected chi connectivity index (χ2v) is 5.79. The lowest BCUT2D eigenvalue weighted by molar-refractivity contribution is -0.121. The molecule has 1 aromatic rings. The Morgan fingerprint density at radius 2 is 2.09 bits per heavy atom. The molecule has 2 atom stereocenters. The molecule has 0 aliphatic carbocycles. The molecule has 0 aromatic heterocycles. The first kappa shape index (κ1) is 16.5. The van der Waals surface area contributed by atoms with E-state index < -0.39 is 6.10 Å². The minimum atomic E-state index is -0.735. The number of hydrogen-bond acceptors (Lipinski definition) is 5. The van der Waals surface area contributed by atoms with Crippen molar-refractivity contribution in [3.05, 3.63) is 29.8 Å². The van der Waals surface area contributed by atoms with Crippen LogP contribution in [0.3, 0.4) is 0 Å². The molecule has 1 amide bonds. The quantitative estimate of drug-likeness (QED) is 0.731. The van der Waals surface area contributed by atoms with Crippen LogP contribution in [0.5, 0.6) is 5.75 Å². The minimum absolute atomic E-state index is 0.0829. The van der Waals surface area contributed by atoms with E-state index in [-0.39, 0.29) is 24.5 Å². The summed E-state index contributed by atoms with van der Waals surface area (Å²) in [5.41, 5.74) is 10.0. The van der Waals surface area contributed by atoms with Crippen molar-refractivity contribution in [2.45, 2.75) is 38.8 Å². The Bertz CT molecular complexity index is 557. The van der Waals surface area contributed by atoms with Crippen LogP contribution in [-0.2, 0) is 4.79 Å². The van der Waals surface area contributed by atoms with Gasteiger partial charge in [-0.25, -0.2) is 5.43 Å². The maximum Gasteiger partial charge on any atom is 0.240 e. The Hall–Kier alpha value is -1.92. The summed E-state index contributed by atoms with van der Waals surface area (Å²) in [7, 11) is 0. The van der Waals surface area contributed by atoms with Gasteiger partial charge >= 0.3 is 0 Å². The van der Waals surface area contributed by atoms with E-state index in [9.17, 15) is 9.90 Å². The lowest BCUT2D eigenvalue weighted by atomic mass is 10.00. The first-order chi connectivity index (χ1) is 10.5. The standard InChI is InChI=1S/C16H23N3O3/c1-10(2)16(17)13(20)9-22-14-6-4-3-5-11(14)12-7-8-15(21)19-18-12/h3-6,10,13,16,20H,7-9,17H2,1-2H3,(H,19,21). The van der Waals surface area contributed by atoms with E-state index in [1.54, 1.807) is 0 Å². The fourth-order valence-electron chi connectivity index (χ4n) is 2.23. The van der Waals surface area contributed by atoms with E-state index in [4.69, 9.17) is 10.5 Å². The van der Waals surface area contributed by atoms with Crippen molar-refractivity contribution >= 4 is 11.6 Å². The van der Waals surface area contributed by atoms with Gasteiger partial charge in [0.2, 0.25) is 5.91 Å². The molecular weight excluding hydrogens is 282 g/mol. The molecule has 0 radical (unpaired) electrons. The Kier molecular flexibility index (Phi) is 5.51. The smallest absolute Gasteiger partial charge is 0.240 e. The number of aliphatic hydroxyl groups is 1. The van der Waals surface area contributed by atoms with Crippen LogP contribution in [0.4, 0.5) is 0 Å². The van der Waals surface area contributed by atoms with Gasteiger partial charge in [0.25, 0.3) is 0 Å². The van der Waals surface area contributed by atoms with E-state index in [0.29, 0.717) is 18.6 Å². The maximum atomic E-state index is 11.2. The predicted octanol–water partition coefficient (Wildman–Crippen LogP) is 1.02. The zero-order chi connectivity index (χ0) is 16.1. The number of para-hydroxylation sites is 1. The van der Waals surface area contributed by atoms with Gasteiger partial charge in [-0.1, -0.05) is 26.0 Å². The van der Waals surface area contributed by atoms with E-state index in [1.165, 1.54) is 0 Å². The molecule has 0 fully saturated rings. The fraction of sp³-hybridized carbons (Fsp3) is 0.500. The average Bonchev–Trinajstić information content (AvgIpc) is 2.53. The van der Waals surface area contributed by atoms with Crippen molar-refractivity contribution in [1.82, 2.24) is 5.43 Å². The molecule has 0 spiro atoms. The van der Waals surface area contributed by atoms with Crippen LogP contribution >= 0.6 is 0 Å². The number of benzene rings is 1. The van der Waals surface area contributed by atoms with Crippen molar-refractivity contribution < 1.29 is 14.6 Å². The van der Waals surface area contributed by atoms with Crippen LogP contribution in [0.25, 0.3) is 0 Å². The minimum Gasteiger partial charge on any atom is -0.490 e. The number of ether oxygens (including phenoxy) is 1. The van der Waals surface area contributed by atoms with Gasteiger partial charge in [-0.15, -0.1) is 0 Å². The summed E-state index contributed by atoms with van der Waals surface area (Å²) in [6.45, 7) is 4.04. The van der Waals surface area contributed by atoms with Gasteiger partial charge in [0.1, 0.15) is 18.5 Å². The van der Waals surface area contributed by atoms with Gasteiger partial charge in [-0.3, -0.25) is 4.79 Å². The van der Waals surface area contributed by atoms with Gasteiger partial charge in [0.15, 0.2) is 0 Å². The number of nitrogens with one attached hydrogen (secondary N) is 1. The molecule has 22 heavy (non-hydrogen) atoms. The zero-order valence-electron chi connectivity index (χ0n) is 13.0. The summed E-state index contributed by atoms with van der Waals surface area (Å²) in [6, 6.07) is 7.12. The van der Waals surface area contributed by atoms with Crippen LogP contribution in [0.2, 0.25) is 0 Å². The Labute approximate surface area is 130 Å². The lowest BCUT2D eigenvalue weighted by Gasteiger charge is -2.23. The molecule has 2 rings (SSSR count). The molecule has 0 saturated heterocycles. The second kappa shape index (κ2) is 7.38. The summed E-state index contributed by atoms with van der Waals surface area (Å²) >= 11 is 0. The third kappa shape index (κ3) is 4.05. The van der Waals surface area contributed by atoms with Crippen molar-refractivity contribution in [3.8, 4) is 5.75 Å². The molecule has 6 nitrogen and oxygen atoms in total. The number of hydrogen-bond donors (Lipinski definition) is 3. The molecular formula is C16H23N3O3. The Morgan fingerprint density at radius 3 is 2.73 bits per heavy atom. The number of nitrogens with two attached hydrogens (primary N) is 1. The topological polar surface area (TPSA) is 96.9 Å². The molecule has 0 bridgehead atoms. The summed E-state index contributed by atoms with van der Waals surface area (Å²) < 4.78 is 5.73. The van der Waals surface area contributed by atoms with E-state index in [0.717, 1.165) is 11.3 Å². The first-order valence-corrected chi connectivity index (χ1v) is 7.50. The fourth-order valence-corrected chi connectivity index (χ4v) is 2.23. The highest BCUT2D eigenvalue weighted by Gasteiger charge is 2.21. The molecule has 1 aliphatic heterocycles. The normalized spacial score (nSPS) is 17.7. The lowest BCUT2D eigenvalue weighted by Crippen LogP contribution is -2.42. The molecule has 120 valence electrons. The van der Waals surface area contributed by atoms with Gasteiger partial charge in [0, 0.05) is 24.4 Å². The SMILES string of the molecule is CC(C)C(N)C(O)COc1ccccc1C1=NNC(=O)CC1. The number of carbonyl (C=O) groups excluding carboxylic acids is 1. The van der Waals surface area contributed by atoms with Crippen LogP contribution in [-0.4, -0.2) is 35.5 Å². The Morgan fingerprint density at radius 1 is 1.36 bits per heavy atom. The van der Waals surface area contributed by atoms with E-state index in [1.807, 2.05) is 38.1 Å². The largest absolute Gasteiger partial charge is 0.490 e. The maximum absolute atomic E-state index is 11.2. The van der Waals surface area contributed by atoms with E-state index in [2.05, 4.69) is 10.5 Å².